The molecule has 0 fully saturated rings. The monoisotopic (exact) mass is 272 g/mol. The average Bonchev–Trinajstić information content (AvgIpc) is 2.49. The summed E-state index contributed by atoms with van der Waals surface area (Å²) in [5.41, 5.74) is 1.75. The average molecular weight is 272 g/mol. The number of rotatable bonds is 4. The summed E-state index contributed by atoms with van der Waals surface area (Å²) < 4.78 is 5.00. The standard InChI is InChI=1S/C15H16N2O3/c1-3-10-9-16-7-6-12(10)15(19)17-13-5-4-11(20-2)8-14(13)18/h4-9,18H,3H2,1-2H3,(H,17,19). The van der Waals surface area contributed by atoms with Crippen LogP contribution in [0.3, 0.4) is 0 Å². The lowest BCUT2D eigenvalue weighted by Gasteiger charge is -2.10. The molecule has 104 valence electrons. The minimum Gasteiger partial charge on any atom is -0.506 e. The molecule has 0 saturated carbocycles. The molecule has 0 unspecified atom stereocenters. The van der Waals surface area contributed by atoms with Crippen molar-refractivity contribution in [2.45, 2.75) is 13.3 Å². The van der Waals surface area contributed by atoms with Gasteiger partial charge in [0.15, 0.2) is 0 Å². The first-order chi connectivity index (χ1) is 9.65. The second-order valence-corrected chi connectivity index (χ2v) is 4.22. The summed E-state index contributed by atoms with van der Waals surface area (Å²) in [5.74, 6) is 0.216. The highest BCUT2D eigenvalue weighted by Gasteiger charge is 2.12. The van der Waals surface area contributed by atoms with Gasteiger partial charge in [-0.3, -0.25) is 9.78 Å². The zero-order valence-corrected chi connectivity index (χ0v) is 11.4. The van der Waals surface area contributed by atoms with E-state index in [-0.39, 0.29) is 11.7 Å². The van der Waals surface area contributed by atoms with Crippen molar-refractivity contribution < 1.29 is 14.6 Å². The van der Waals surface area contributed by atoms with Crippen molar-refractivity contribution in [2.24, 2.45) is 0 Å². The Hall–Kier alpha value is -2.56. The van der Waals surface area contributed by atoms with Crippen LogP contribution in [0.15, 0.2) is 36.7 Å². The highest BCUT2D eigenvalue weighted by atomic mass is 16.5. The zero-order valence-electron chi connectivity index (χ0n) is 11.4. The Morgan fingerprint density at radius 1 is 1.40 bits per heavy atom. The minimum atomic E-state index is -0.273. The van der Waals surface area contributed by atoms with Crippen LogP contribution in [-0.4, -0.2) is 23.1 Å². The van der Waals surface area contributed by atoms with Crippen LogP contribution < -0.4 is 10.1 Å². The zero-order chi connectivity index (χ0) is 14.5. The molecule has 2 aromatic rings. The molecule has 1 amide bonds. The SMILES string of the molecule is CCc1cnccc1C(=O)Nc1ccc(OC)cc1O. The number of aromatic nitrogens is 1. The van der Waals surface area contributed by atoms with Gasteiger partial charge in [0.25, 0.3) is 5.91 Å². The molecule has 0 bridgehead atoms. The minimum absolute atomic E-state index is 0.0372. The Morgan fingerprint density at radius 2 is 2.20 bits per heavy atom. The summed E-state index contributed by atoms with van der Waals surface area (Å²) >= 11 is 0. The normalized spacial score (nSPS) is 10.1. The summed E-state index contributed by atoms with van der Waals surface area (Å²) in [5, 5.41) is 12.5. The van der Waals surface area contributed by atoms with Crippen LogP contribution in [0.5, 0.6) is 11.5 Å². The van der Waals surface area contributed by atoms with Gasteiger partial charge in [-0.05, 0) is 30.2 Å². The van der Waals surface area contributed by atoms with Crippen LogP contribution in [0.1, 0.15) is 22.8 Å². The van der Waals surface area contributed by atoms with Gasteiger partial charge in [0, 0.05) is 24.0 Å². The second-order valence-electron chi connectivity index (χ2n) is 4.22. The lowest BCUT2D eigenvalue weighted by atomic mass is 10.1. The third-order valence-electron chi connectivity index (χ3n) is 2.98. The number of hydrogen-bond donors (Lipinski definition) is 2. The molecule has 0 aliphatic rings. The van der Waals surface area contributed by atoms with E-state index in [1.165, 1.54) is 13.2 Å². The number of carbonyl (C=O) groups is 1. The third kappa shape index (κ3) is 2.88. The summed E-state index contributed by atoms with van der Waals surface area (Å²) in [4.78, 5) is 16.2. The molecule has 1 aromatic heterocycles. The van der Waals surface area contributed by atoms with Crippen LogP contribution in [0.4, 0.5) is 5.69 Å². The number of anilines is 1. The van der Waals surface area contributed by atoms with Crippen molar-refractivity contribution in [2.75, 3.05) is 12.4 Å². The molecular formula is C15H16N2O3. The molecule has 0 aliphatic carbocycles. The van der Waals surface area contributed by atoms with E-state index in [0.717, 1.165) is 5.56 Å². The third-order valence-corrected chi connectivity index (χ3v) is 2.98. The number of pyridine rings is 1. The lowest BCUT2D eigenvalue weighted by Crippen LogP contribution is -2.14. The smallest absolute Gasteiger partial charge is 0.256 e. The van der Waals surface area contributed by atoms with E-state index in [1.807, 2.05) is 6.92 Å². The molecule has 2 N–H and O–H groups in total. The highest BCUT2D eigenvalue weighted by Crippen LogP contribution is 2.28. The first kappa shape index (κ1) is 13.9. The van der Waals surface area contributed by atoms with E-state index in [0.29, 0.717) is 23.4 Å². The Balaban J connectivity index is 2.23. The maximum Gasteiger partial charge on any atom is 0.256 e. The van der Waals surface area contributed by atoms with E-state index in [1.54, 1.807) is 30.6 Å². The number of carbonyl (C=O) groups excluding carboxylic acids is 1. The first-order valence-electron chi connectivity index (χ1n) is 6.27. The number of benzene rings is 1. The van der Waals surface area contributed by atoms with Gasteiger partial charge in [-0.15, -0.1) is 0 Å². The fourth-order valence-electron chi connectivity index (χ4n) is 1.86. The van der Waals surface area contributed by atoms with Gasteiger partial charge in [-0.25, -0.2) is 0 Å². The van der Waals surface area contributed by atoms with Crippen LogP contribution >= 0.6 is 0 Å². The Kier molecular flexibility index (Phi) is 4.20. The summed E-state index contributed by atoms with van der Waals surface area (Å²) in [6.07, 6.45) is 3.95. The van der Waals surface area contributed by atoms with Crippen LogP contribution in [0.2, 0.25) is 0 Å². The molecule has 0 atom stereocenters. The molecule has 5 heteroatoms. The number of aromatic hydroxyl groups is 1. The predicted molar refractivity (Wildman–Crippen MR) is 76.2 cm³/mol. The quantitative estimate of drug-likeness (QED) is 0.839. The van der Waals surface area contributed by atoms with Gasteiger partial charge in [-0.1, -0.05) is 6.92 Å². The van der Waals surface area contributed by atoms with Crippen molar-refractivity contribution in [1.29, 1.82) is 0 Å². The predicted octanol–water partition coefficient (Wildman–Crippen LogP) is 2.61. The van der Waals surface area contributed by atoms with Crippen molar-refractivity contribution in [3.05, 3.63) is 47.8 Å². The van der Waals surface area contributed by atoms with E-state index >= 15 is 0 Å². The van der Waals surface area contributed by atoms with Gasteiger partial charge in [0.05, 0.1) is 12.8 Å². The van der Waals surface area contributed by atoms with Crippen molar-refractivity contribution in [3.8, 4) is 11.5 Å². The summed E-state index contributed by atoms with van der Waals surface area (Å²) in [6.45, 7) is 1.96. The lowest BCUT2D eigenvalue weighted by molar-refractivity contribution is 0.102. The highest BCUT2D eigenvalue weighted by molar-refractivity contribution is 6.05. The number of phenolic OH excluding ortho intramolecular Hbond substituents is 1. The number of phenols is 1. The number of aryl methyl sites for hydroxylation is 1. The van der Waals surface area contributed by atoms with E-state index < -0.39 is 0 Å². The topological polar surface area (TPSA) is 71.5 Å². The molecule has 0 aliphatic heterocycles. The molecule has 0 radical (unpaired) electrons. The molecule has 5 nitrogen and oxygen atoms in total. The van der Waals surface area contributed by atoms with Crippen molar-refractivity contribution >= 4 is 11.6 Å². The summed E-state index contributed by atoms with van der Waals surface area (Å²) in [6, 6.07) is 6.37. The number of amides is 1. The fourth-order valence-corrected chi connectivity index (χ4v) is 1.86. The van der Waals surface area contributed by atoms with E-state index in [9.17, 15) is 9.90 Å². The summed E-state index contributed by atoms with van der Waals surface area (Å²) in [7, 11) is 1.51. The van der Waals surface area contributed by atoms with Gasteiger partial charge in [0.1, 0.15) is 11.5 Å². The number of nitrogens with one attached hydrogen (secondary N) is 1. The Labute approximate surface area is 117 Å². The van der Waals surface area contributed by atoms with Crippen LogP contribution in [0.25, 0.3) is 0 Å². The van der Waals surface area contributed by atoms with Crippen LogP contribution in [-0.2, 0) is 6.42 Å². The number of ether oxygens (including phenoxy) is 1. The number of methoxy groups -OCH3 is 1. The van der Waals surface area contributed by atoms with Gasteiger partial charge >= 0.3 is 0 Å². The number of hydrogen-bond acceptors (Lipinski definition) is 4. The van der Waals surface area contributed by atoms with Crippen molar-refractivity contribution in [1.82, 2.24) is 4.98 Å². The molecule has 20 heavy (non-hydrogen) atoms. The van der Waals surface area contributed by atoms with Crippen LogP contribution in [0, 0.1) is 0 Å². The molecule has 1 aromatic carbocycles. The first-order valence-corrected chi connectivity index (χ1v) is 6.27. The molecule has 0 saturated heterocycles. The maximum absolute atomic E-state index is 12.2. The van der Waals surface area contributed by atoms with Gasteiger partial charge in [0.2, 0.25) is 0 Å². The molecule has 0 spiro atoms. The van der Waals surface area contributed by atoms with Crippen molar-refractivity contribution in [3.63, 3.8) is 0 Å². The second kappa shape index (κ2) is 6.06. The van der Waals surface area contributed by atoms with Gasteiger partial charge in [-0.2, -0.15) is 0 Å². The van der Waals surface area contributed by atoms with E-state index in [4.69, 9.17) is 4.74 Å². The Morgan fingerprint density at radius 3 is 2.85 bits per heavy atom. The van der Waals surface area contributed by atoms with E-state index in [2.05, 4.69) is 10.3 Å². The molecule has 2 rings (SSSR count). The molecule has 1 heterocycles. The fraction of sp³-hybridized carbons (Fsp3) is 0.200. The maximum atomic E-state index is 12.2. The molecular weight excluding hydrogens is 256 g/mol. The van der Waals surface area contributed by atoms with Gasteiger partial charge < -0.3 is 15.2 Å². The number of nitrogens with zero attached hydrogens (tertiary/aromatic N) is 1. The Bertz CT molecular complexity index is 626. The largest absolute Gasteiger partial charge is 0.506 e.